The molecule has 3 aromatic rings. The molecule has 1 heterocycles. The van der Waals surface area contributed by atoms with Crippen LogP contribution in [0.15, 0.2) is 53.3 Å². The van der Waals surface area contributed by atoms with E-state index in [1.54, 1.807) is 11.8 Å². The van der Waals surface area contributed by atoms with Gasteiger partial charge >= 0.3 is 0 Å². The summed E-state index contributed by atoms with van der Waals surface area (Å²) < 4.78 is 6.87. The molecule has 2 aromatic carbocycles. The van der Waals surface area contributed by atoms with Crippen LogP contribution in [-0.2, 0) is 6.42 Å². The van der Waals surface area contributed by atoms with Crippen molar-refractivity contribution in [2.45, 2.75) is 26.3 Å². The minimum atomic E-state index is -0.168. The second kappa shape index (κ2) is 7.19. The van der Waals surface area contributed by atoms with Gasteiger partial charge in [-0.3, -0.25) is 9.89 Å². The van der Waals surface area contributed by atoms with Crippen molar-refractivity contribution in [1.29, 1.82) is 0 Å². The molecule has 1 aromatic heterocycles. The van der Waals surface area contributed by atoms with Crippen molar-refractivity contribution < 1.29 is 4.74 Å². The Kier molecular flexibility index (Phi) is 5.00. The van der Waals surface area contributed by atoms with Gasteiger partial charge in [-0.15, -0.1) is 0 Å². The molecule has 4 nitrogen and oxygen atoms in total. The Morgan fingerprint density at radius 2 is 1.92 bits per heavy atom. The average molecular weight is 357 g/mol. The van der Waals surface area contributed by atoms with Crippen LogP contribution in [0.2, 0.25) is 5.02 Å². The number of aromatic amines is 1. The monoisotopic (exact) mass is 356 g/mol. The van der Waals surface area contributed by atoms with Gasteiger partial charge in [0.2, 0.25) is 0 Å². The molecule has 1 N–H and O–H groups in total. The van der Waals surface area contributed by atoms with Crippen LogP contribution in [-0.4, -0.2) is 16.9 Å². The van der Waals surface area contributed by atoms with Crippen molar-refractivity contribution >= 4 is 11.6 Å². The van der Waals surface area contributed by atoms with E-state index in [-0.39, 0.29) is 11.6 Å². The number of nitrogens with zero attached hydrogens (tertiary/aromatic N) is 1. The topological polar surface area (TPSA) is 47.0 Å². The molecule has 0 aliphatic carbocycles. The van der Waals surface area contributed by atoms with Gasteiger partial charge in [0.25, 0.3) is 5.56 Å². The summed E-state index contributed by atoms with van der Waals surface area (Å²) >= 11 is 6.24. The number of hydrogen-bond acceptors (Lipinski definition) is 2. The fourth-order valence-electron chi connectivity index (χ4n) is 3.03. The lowest BCUT2D eigenvalue weighted by Gasteiger charge is -2.14. The van der Waals surface area contributed by atoms with Crippen LogP contribution in [0.4, 0.5) is 0 Å². The van der Waals surface area contributed by atoms with Gasteiger partial charge in [-0.05, 0) is 36.6 Å². The Morgan fingerprint density at radius 3 is 2.52 bits per heavy atom. The molecule has 0 bridgehead atoms. The fourth-order valence-corrected chi connectivity index (χ4v) is 3.29. The lowest BCUT2D eigenvalue weighted by Crippen LogP contribution is -2.23. The van der Waals surface area contributed by atoms with Crippen LogP contribution < -0.4 is 10.3 Å². The molecular weight excluding hydrogens is 336 g/mol. The highest BCUT2D eigenvalue weighted by atomic mass is 35.5. The molecule has 5 heteroatoms. The summed E-state index contributed by atoms with van der Waals surface area (Å²) in [6.07, 6.45) is 0.669. The van der Waals surface area contributed by atoms with Crippen LogP contribution in [0.25, 0.3) is 11.3 Å². The first-order chi connectivity index (χ1) is 12.1. The Labute approximate surface area is 152 Å². The first-order valence-corrected chi connectivity index (χ1v) is 8.66. The van der Waals surface area contributed by atoms with E-state index in [9.17, 15) is 4.79 Å². The van der Waals surface area contributed by atoms with Gasteiger partial charge in [0.1, 0.15) is 5.75 Å². The van der Waals surface area contributed by atoms with E-state index >= 15 is 0 Å². The predicted octanol–water partition coefficient (Wildman–Crippen LogP) is 4.68. The molecule has 0 saturated heterocycles. The van der Waals surface area contributed by atoms with Gasteiger partial charge in [-0.2, -0.15) is 0 Å². The minimum Gasteiger partial charge on any atom is -0.495 e. The van der Waals surface area contributed by atoms with Gasteiger partial charge in [-0.1, -0.05) is 54.9 Å². The van der Waals surface area contributed by atoms with Crippen molar-refractivity contribution in [2.24, 2.45) is 0 Å². The lowest BCUT2D eigenvalue weighted by molar-refractivity contribution is 0.414. The maximum absolute atomic E-state index is 12.9. The first-order valence-electron chi connectivity index (χ1n) is 8.29. The van der Waals surface area contributed by atoms with Crippen molar-refractivity contribution in [1.82, 2.24) is 9.78 Å². The Balaban J connectivity index is 2.07. The molecule has 0 aliphatic heterocycles. The summed E-state index contributed by atoms with van der Waals surface area (Å²) in [7, 11) is 1.58. The maximum Gasteiger partial charge on any atom is 0.270 e. The second-order valence-electron chi connectivity index (χ2n) is 5.93. The zero-order valence-corrected chi connectivity index (χ0v) is 15.3. The molecule has 1 atom stereocenters. The Bertz CT molecular complexity index is 929. The molecule has 0 radical (unpaired) electrons. The van der Waals surface area contributed by atoms with Gasteiger partial charge < -0.3 is 4.74 Å². The van der Waals surface area contributed by atoms with E-state index in [2.05, 4.69) is 5.10 Å². The Morgan fingerprint density at radius 1 is 1.20 bits per heavy atom. The standard InChI is InChI=1S/C20H21ClN2O2/c1-4-16-19(14-8-6-5-7-9-14)22-23(20(16)24)13(2)15-10-11-18(25-3)17(21)12-15/h5-13,22H,4H2,1-3H3. The van der Waals surface area contributed by atoms with Gasteiger partial charge in [0.15, 0.2) is 0 Å². The third kappa shape index (κ3) is 3.22. The highest BCUT2D eigenvalue weighted by Crippen LogP contribution is 2.29. The van der Waals surface area contributed by atoms with Crippen LogP contribution in [0.3, 0.4) is 0 Å². The number of ether oxygens (including phenoxy) is 1. The van der Waals surface area contributed by atoms with Crippen molar-refractivity contribution in [3.05, 3.63) is 75.0 Å². The lowest BCUT2D eigenvalue weighted by atomic mass is 10.1. The van der Waals surface area contributed by atoms with E-state index in [0.717, 1.165) is 22.4 Å². The maximum atomic E-state index is 12.9. The summed E-state index contributed by atoms with van der Waals surface area (Å²) in [6, 6.07) is 15.3. The quantitative estimate of drug-likeness (QED) is 0.721. The highest BCUT2D eigenvalue weighted by Gasteiger charge is 2.19. The molecule has 0 aliphatic rings. The van der Waals surface area contributed by atoms with Crippen LogP contribution in [0.5, 0.6) is 5.75 Å². The van der Waals surface area contributed by atoms with Gasteiger partial charge in [0.05, 0.1) is 23.9 Å². The number of halogens is 1. The summed E-state index contributed by atoms with van der Waals surface area (Å²) in [5.74, 6) is 0.621. The smallest absolute Gasteiger partial charge is 0.270 e. The minimum absolute atomic E-state index is 0.000735. The number of rotatable bonds is 5. The number of H-pyrrole nitrogens is 1. The van der Waals surface area contributed by atoms with Crippen LogP contribution in [0.1, 0.15) is 31.0 Å². The molecule has 130 valence electrons. The SMILES string of the molecule is CCc1c(-c2ccccc2)[nH]n(C(C)c2ccc(OC)c(Cl)c2)c1=O. The summed E-state index contributed by atoms with van der Waals surface area (Å²) in [5, 5.41) is 3.83. The van der Waals surface area contributed by atoms with E-state index in [0.29, 0.717) is 17.2 Å². The van der Waals surface area contributed by atoms with E-state index in [4.69, 9.17) is 16.3 Å². The summed E-state index contributed by atoms with van der Waals surface area (Å²) in [5.41, 5.74) is 3.62. The molecular formula is C20H21ClN2O2. The zero-order valence-electron chi connectivity index (χ0n) is 14.5. The molecule has 25 heavy (non-hydrogen) atoms. The first kappa shape index (κ1) is 17.4. The number of aromatic nitrogens is 2. The highest BCUT2D eigenvalue weighted by molar-refractivity contribution is 6.32. The Hall–Kier alpha value is -2.46. The summed E-state index contributed by atoms with van der Waals surface area (Å²) in [4.78, 5) is 12.9. The summed E-state index contributed by atoms with van der Waals surface area (Å²) in [6.45, 7) is 3.97. The second-order valence-corrected chi connectivity index (χ2v) is 6.34. The molecule has 1 unspecified atom stereocenters. The molecule has 0 spiro atoms. The van der Waals surface area contributed by atoms with E-state index < -0.39 is 0 Å². The number of hydrogen-bond donors (Lipinski definition) is 1. The normalized spacial score (nSPS) is 12.2. The molecule has 0 fully saturated rings. The van der Waals surface area contributed by atoms with Gasteiger partial charge in [-0.25, -0.2) is 4.68 Å². The van der Waals surface area contributed by atoms with Crippen molar-refractivity contribution in [3.8, 4) is 17.0 Å². The van der Waals surface area contributed by atoms with E-state index in [1.165, 1.54) is 0 Å². The van der Waals surface area contributed by atoms with E-state index in [1.807, 2.05) is 62.4 Å². The van der Waals surface area contributed by atoms with Crippen LogP contribution >= 0.6 is 11.6 Å². The molecule has 0 amide bonds. The molecule has 3 rings (SSSR count). The van der Waals surface area contributed by atoms with Gasteiger partial charge in [0, 0.05) is 5.56 Å². The third-order valence-corrected chi connectivity index (χ3v) is 4.77. The number of nitrogens with one attached hydrogen (secondary N) is 1. The van der Waals surface area contributed by atoms with Crippen LogP contribution in [0, 0.1) is 0 Å². The van der Waals surface area contributed by atoms with Crippen molar-refractivity contribution in [3.63, 3.8) is 0 Å². The largest absolute Gasteiger partial charge is 0.495 e. The average Bonchev–Trinajstić information content (AvgIpc) is 2.98. The number of benzene rings is 2. The number of methoxy groups -OCH3 is 1. The fraction of sp³-hybridized carbons (Fsp3) is 0.250. The molecule has 0 saturated carbocycles. The zero-order chi connectivity index (χ0) is 18.0. The third-order valence-electron chi connectivity index (χ3n) is 4.47. The van der Waals surface area contributed by atoms with Crippen molar-refractivity contribution in [2.75, 3.05) is 7.11 Å². The predicted molar refractivity (Wildman–Crippen MR) is 102 cm³/mol.